The summed E-state index contributed by atoms with van der Waals surface area (Å²) in [5.74, 6) is 1.92. The summed E-state index contributed by atoms with van der Waals surface area (Å²) in [6.07, 6.45) is 9.29. The number of benzene rings is 1. The van der Waals surface area contributed by atoms with E-state index >= 15 is 0 Å². The molecule has 2 N–H and O–H groups in total. The van der Waals surface area contributed by atoms with E-state index in [9.17, 15) is 8.42 Å². The van der Waals surface area contributed by atoms with Gasteiger partial charge in [-0.25, -0.2) is 8.42 Å². The third-order valence-electron chi connectivity index (χ3n) is 4.56. The number of hydrogen-bond acceptors (Lipinski definition) is 3. The Morgan fingerprint density at radius 2 is 1.62 bits per heavy atom. The van der Waals surface area contributed by atoms with Crippen molar-refractivity contribution in [2.75, 3.05) is 16.3 Å². The Kier molecular flexibility index (Phi) is 4.11. The van der Waals surface area contributed by atoms with Gasteiger partial charge in [-0.1, -0.05) is 12.8 Å². The van der Waals surface area contributed by atoms with Crippen LogP contribution in [-0.4, -0.2) is 20.7 Å². The normalized spacial score (nSPS) is 26.3. The van der Waals surface area contributed by atoms with Gasteiger partial charge in [-0.3, -0.25) is 4.72 Å². The van der Waals surface area contributed by atoms with E-state index < -0.39 is 10.0 Å². The highest BCUT2D eigenvalue weighted by molar-refractivity contribution is 7.92. The lowest BCUT2D eigenvalue weighted by atomic mass is 9.82. The van der Waals surface area contributed by atoms with Gasteiger partial charge in [0, 0.05) is 17.4 Å². The molecule has 1 aromatic rings. The van der Waals surface area contributed by atoms with Crippen LogP contribution in [0.2, 0.25) is 0 Å². The second-order valence-electron chi connectivity index (χ2n) is 6.56. The van der Waals surface area contributed by atoms with Crippen molar-refractivity contribution in [2.24, 2.45) is 11.8 Å². The lowest BCUT2D eigenvalue weighted by Gasteiger charge is -2.30. The van der Waals surface area contributed by atoms with Crippen LogP contribution in [0.1, 0.15) is 38.5 Å². The third-order valence-corrected chi connectivity index (χ3v) is 5.17. The first-order chi connectivity index (χ1) is 9.99. The van der Waals surface area contributed by atoms with Gasteiger partial charge in [-0.05, 0) is 61.8 Å². The molecular formula is C16H24N2O2S. The Bertz CT molecular complexity index is 579. The Hall–Kier alpha value is -1.23. The highest BCUT2D eigenvalue weighted by atomic mass is 32.2. The van der Waals surface area contributed by atoms with Crippen molar-refractivity contribution in [2.45, 2.75) is 44.6 Å². The van der Waals surface area contributed by atoms with E-state index in [-0.39, 0.29) is 0 Å². The predicted molar refractivity (Wildman–Crippen MR) is 87.0 cm³/mol. The molecule has 2 aliphatic rings. The van der Waals surface area contributed by atoms with Gasteiger partial charge in [0.1, 0.15) is 0 Å². The van der Waals surface area contributed by atoms with Crippen LogP contribution in [0.4, 0.5) is 11.4 Å². The van der Waals surface area contributed by atoms with Gasteiger partial charge in [-0.15, -0.1) is 0 Å². The fraction of sp³-hybridized carbons (Fsp3) is 0.625. The topological polar surface area (TPSA) is 58.2 Å². The first-order valence-corrected chi connectivity index (χ1v) is 9.73. The van der Waals surface area contributed by atoms with Crippen LogP contribution in [0.3, 0.4) is 0 Å². The van der Waals surface area contributed by atoms with Crippen LogP contribution >= 0.6 is 0 Å². The smallest absolute Gasteiger partial charge is 0.229 e. The van der Waals surface area contributed by atoms with Gasteiger partial charge >= 0.3 is 0 Å². The summed E-state index contributed by atoms with van der Waals surface area (Å²) < 4.78 is 24.8. The number of nitrogens with one attached hydrogen (secondary N) is 2. The van der Waals surface area contributed by atoms with Crippen LogP contribution in [-0.2, 0) is 10.0 Å². The SMILES string of the molecule is CS(=O)(=O)Nc1ccc(NC2CCCC(C3CC3)C2)cc1. The van der Waals surface area contributed by atoms with Crippen molar-refractivity contribution in [3.63, 3.8) is 0 Å². The summed E-state index contributed by atoms with van der Waals surface area (Å²) in [5.41, 5.74) is 1.69. The number of anilines is 2. The molecule has 0 aromatic heterocycles. The number of rotatable bonds is 5. The Morgan fingerprint density at radius 3 is 2.24 bits per heavy atom. The van der Waals surface area contributed by atoms with Crippen molar-refractivity contribution in [3.8, 4) is 0 Å². The number of sulfonamides is 1. The fourth-order valence-corrected chi connectivity index (χ4v) is 4.00. The van der Waals surface area contributed by atoms with Gasteiger partial charge in [0.15, 0.2) is 0 Å². The molecule has 2 saturated carbocycles. The molecule has 4 nitrogen and oxygen atoms in total. The van der Waals surface area contributed by atoms with Crippen molar-refractivity contribution in [1.82, 2.24) is 0 Å². The Balaban J connectivity index is 1.57. The van der Waals surface area contributed by atoms with E-state index in [0.29, 0.717) is 11.7 Å². The lowest BCUT2D eigenvalue weighted by Crippen LogP contribution is -2.28. The van der Waals surface area contributed by atoms with Crippen molar-refractivity contribution in [1.29, 1.82) is 0 Å². The molecular weight excluding hydrogens is 284 g/mol. The quantitative estimate of drug-likeness (QED) is 0.876. The first-order valence-electron chi connectivity index (χ1n) is 7.84. The predicted octanol–water partition coefficient (Wildman–Crippen LogP) is 3.44. The average molecular weight is 308 g/mol. The molecule has 2 fully saturated rings. The number of hydrogen-bond donors (Lipinski definition) is 2. The molecule has 3 rings (SSSR count). The molecule has 0 bridgehead atoms. The monoisotopic (exact) mass is 308 g/mol. The maximum Gasteiger partial charge on any atom is 0.229 e. The van der Waals surface area contributed by atoms with Gasteiger partial charge < -0.3 is 5.32 Å². The lowest BCUT2D eigenvalue weighted by molar-refractivity contribution is 0.303. The first kappa shape index (κ1) is 14.7. The van der Waals surface area contributed by atoms with Crippen LogP contribution < -0.4 is 10.0 Å². The molecule has 2 aliphatic carbocycles. The van der Waals surface area contributed by atoms with E-state index in [0.717, 1.165) is 17.5 Å². The summed E-state index contributed by atoms with van der Waals surface area (Å²) >= 11 is 0. The van der Waals surface area contributed by atoms with E-state index in [4.69, 9.17) is 0 Å². The standard InChI is InChI=1S/C16H24N2O2S/c1-21(19,20)18-15-9-7-14(8-10-15)17-16-4-2-3-13(11-16)12-5-6-12/h7-10,12-13,16-18H,2-6,11H2,1H3. The summed E-state index contributed by atoms with van der Waals surface area (Å²) in [6.45, 7) is 0. The molecule has 0 aliphatic heterocycles. The van der Waals surface area contributed by atoms with Gasteiger partial charge in [0.25, 0.3) is 0 Å². The van der Waals surface area contributed by atoms with Crippen molar-refractivity contribution < 1.29 is 8.42 Å². The molecule has 0 spiro atoms. The minimum Gasteiger partial charge on any atom is -0.382 e. The molecule has 5 heteroatoms. The van der Waals surface area contributed by atoms with E-state index in [1.165, 1.54) is 44.8 Å². The van der Waals surface area contributed by atoms with Crippen molar-refractivity contribution in [3.05, 3.63) is 24.3 Å². The Labute approximate surface area is 127 Å². The van der Waals surface area contributed by atoms with Gasteiger partial charge in [0.05, 0.1) is 6.26 Å². The largest absolute Gasteiger partial charge is 0.382 e. The molecule has 1 aromatic carbocycles. The minimum atomic E-state index is -3.20. The van der Waals surface area contributed by atoms with E-state index in [1.54, 1.807) is 0 Å². The summed E-state index contributed by atoms with van der Waals surface area (Å²) in [5, 5.41) is 3.61. The van der Waals surface area contributed by atoms with Crippen LogP contribution in [0.25, 0.3) is 0 Å². The molecule has 2 atom stereocenters. The van der Waals surface area contributed by atoms with Gasteiger partial charge in [-0.2, -0.15) is 0 Å². The second-order valence-corrected chi connectivity index (χ2v) is 8.31. The van der Waals surface area contributed by atoms with E-state index in [1.807, 2.05) is 24.3 Å². The molecule has 0 amide bonds. The second kappa shape index (κ2) is 5.87. The summed E-state index contributed by atoms with van der Waals surface area (Å²) in [7, 11) is -3.20. The van der Waals surface area contributed by atoms with Crippen LogP contribution in [0, 0.1) is 11.8 Å². The highest BCUT2D eigenvalue weighted by Crippen LogP contribution is 2.44. The zero-order valence-corrected chi connectivity index (χ0v) is 13.3. The highest BCUT2D eigenvalue weighted by Gasteiger charge is 2.34. The van der Waals surface area contributed by atoms with Crippen LogP contribution in [0.5, 0.6) is 0 Å². The summed E-state index contributed by atoms with van der Waals surface area (Å²) in [6, 6.07) is 8.09. The molecule has 0 saturated heterocycles. The molecule has 2 unspecified atom stereocenters. The molecule has 21 heavy (non-hydrogen) atoms. The zero-order chi connectivity index (χ0) is 14.9. The van der Waals surface area contributed by atoms with Gasteiger partial charge in [0.2, 0.25) is 10.0 Å². The van der Waals surface area contributed by atoms with E-state index in [2.05, 4.69) is 10.0 Å². The zero-order valence-electron chi connectivity index (χ0n) is 12.5. The maximum absolute atomic E-state index is 11.2. The van der Waals surface area contributed by atoms with Crippen LogP contribution in [0.15, 0.2) is 24.3 Å². The molecule has 116 valence electrons. The maximum atomic E-state index is 11.2. The third kappa shape index (κ3) is 4.37. The molecule has 0 radical (unpaired) electrons. The average Bonchev–Trinajstić information content (AvgIpc) is 3.24. The Morgan fingerprint density at radius 1 is 0.952 bits per heavy atom. The van der Waals surface area contributed by atoms with Crippen molar-refractivity contribution >= 4 is 21.4 Å². The molecule has 0 heterocycles. The minimum absolute atomic E-state index is 0.568. The summed E-state index contributed by atoms with van der Waals surface area (Å²) in [4.78, 5) is 0. The fourth-order valence-electron chi connectivity index (χ4n) is 3.44.